The van der Waals surface area contributed by atoms with Gasteiger partial charge >= 0.3 is 0 Å². The van der Waals surface area contributed by atoms with Crippen LogP contribution in [0.15, 0.2) is 36.7 Å². The van der Waals surface area contributed by atoms with Gasteiger partial charge in [0.05, 0.1) is 30.0 Å². The van der Waals surface area contributed by atoms with E-state index >= 15 is 0 Å². The molecule has 3 fully saturated rings. The van der Waals surface area contributed by atoms with E-state index in [1.807, 2.05) is 36.5 Å². The summed E-state index contributed by atoms with van der Waals surface area (Å²) in [6, 6.07) is 8.25. The van der Waals surface area contributed by atoms with Crippen LogP contribution >= 0.6 is 0 Å². The Kier molecular flexibility index (Phi) is 4.52. The van der Waals surface area contributed by atoms with Gasteiger partial charge in [0.2, 0.25) is 0 Å². The highest BCUT2D eigenvalue weighted by Gasteiger charge is 2.47. The number of aromatic nitrogens is 4. The van der Waals surface area contributed by atoms with Crippen molar-refractivity contribution in [1.82, 2.24) is 24.0 Å². The summed E-state index contributed by atoms with van der Waals surface area (Å²) in [5, 5.41) is 1.16. The number of imidazole rings is 1. The predicted molar refractivity (Wildman–Crippen MR) is 134 cm³/mol. The van der Waals surface area contributed by atoms with E-state index in [4.69, 9.17) is 15.5 Å². The van der Waals surface area contributed by atoms with Crippen LogP contribution in [0.1, 0.15) is 36.0 Å². The third-order valence-electron chi connectivity index (χ3n) is 8.39. The zero-order valence-electron chi connectivity index (χ0n) is 20.1. The van der Waals surface area contributed by atoms with Crippen molar-refractivity contribution in [3.05, 3.63) is 42.2 Å². The van der Waals surface area contributed by atoms with Crippen molar-refractivity contribution in [2.24, 2.45) is 24.6 Å². The summed E-state index contributed by atoms with van der Waals surface area (Å²) in [6.07, 6.45) is 8.42. The lowest BCUT2D eigenvalue weighted by atomic mass is 10.1. The smallest absolute Gasteiger partial charge is 0.254 e. The Morgan fingerprint density at radius 2 is 2.06 bits per heavy atom. The summed E-state index contributed by atoms with van der Waals surface area (Å²) < 4.78 is 10.2. The molecule has 4 aromatic rings. The van der Waals surface area contributed by atoms with Crippen molar-refractivity contribution >= 4 is 27.8 Å². The van der Waals surface area contributed by atoms with Crippen LogP contribution in [0, 0.1) is 11.8 Å². The van der Waals surface area contributed by atoms with Gasteiger partial charge in [0.1, 0.15) is 11.3 Å². The van der Waals surface area contributed by atoms with Crippen molar-refractivity contribution in [1.29, 1.82) is 0 Å². The van der Waals surface area contributed by atoms with Gasteiger partial charge in [-0.2, -0.15) is 0 Å². The second kappa shape index (κ2) is 7.55. The van der Waals surface area contributed by atoms with Crippen molar-refractivity contribution < 1.29 is 9.53 Å². The molecule has 0 spiro atoms. The maximum atomic E-state index is 13.5. The summed E-state index contributed by atoms with van der Waals surface area (Å²) in [5.41, 5.74) is 10.8. The molecule has 8 heteroatoms. The number of likely N-dealkylation sites (tertiary alicyclic amines) is 1. The van der Waals surface area contributed by atoms with Gasteiger partial charge in [-0.25, -0.2) is 4.98 Å². The van der Waals surface area contributed by atoms with Gasteiger partial charge in [0, 0.05) is 49.4 Å². The molecule has 1 amide bonds. The highest BCUT2D eigenvalue weighted by molar-refractivity contribution is 6.00. The fourth-order valence-corrected chi connectivity index (χ4v) is 6.31. The van der Waals surface area contributed by atoms with Gasteiger partial charge in [-0.1, -0.05) is 0 Å². The highest BCUT2D eigenvalue weighted by atomic mass is 16.5. The molecular formula is C27H30N6O2. The number of rotatable bonds is 5. The average molecular weight is 471 g/mol. The number of pyridine rings is 1. The average Bonchev–Trinajstić information content (AvgIpc) is 3.27. The molecule has 2 N–H and O–H groups in total. The minimum atomic E-state index is 0.0222. The molecule has 4 heterocycles. The lowest BCUT2D eigenvalue weighted by molar-refractivity contribution is 0.0700. The van der Waals surface area contributed by atoms with Crippen LogP contribution in [0.2, 0.25) is 0 Å². The quantitative estimate of drug-likeness (QED) is 0.482. The summed E-state index contributed by atoms with van der Waals surface area (Å²) in [7, 11) is 3.67. The summed E-state index contributed by atoms with van der Waals surface area (Å²) >= 11 is 0. The van der Waals surface area contributed by atoms with Crippen LogP contribution in [0.25, 0.3) is 33.5 Å². The molecule has 3 aliphatic rings. The molecule has 8 nitrogen and oxygen atoms in total. The number of piperidine rings is 1. The van der Waals surface area contributed by atoms with Gasteiger partial charge in [0.25, 0.3) is 5.91 Å². The summed E-state index contributed by atoms with van der Waals surface area (Å²) in [4.78, 5) is 24.9. The van der Waals surface area contributed by atoms with Crippen LogP contribution in [0.3, 0.4) is 0 Å². The molecule has 3 aromatic heterocycles. The van der Waals surface area contributed by atoms with Gasteiger partial charge in [0.15, 0.2) is 5.82 Å². The Bertz CT molecular complexity index is 1480. The number of ether oxygens (including phenoxy) is 1. The Morgan fingerprint density at radius 3 is 2.77 bits per heavy atom. The van der Waals surface area contributed by atoms with Crippen LogP contribution < -0.4 is 10.5 Å². The van der Waals surface area contributed by atoms with Crippen molar-refractivity contribution in [2.45, 2.75) is 44.3 Å². The number of methoxy groups -OCH3 is 1. The zero-order valence-corrected chi connectivity index (χ0v) is 20.1. The van der Waals surface area contributed by atoms with E-state index in [1.54, 1.807) is 7.11 Å². The van der Waals surface area contributed by atoms with E-state index in [1.165, 1.54) is 12.8 Å². The summed E-state index contributed by atoms with van der Waals surface area (Å²) in [6.45, 7) is 1.71. The van der Waals surface area contributed by atoms with Crippen LogP contribution in [0.5, 0.6) is 5.75 Å². The molecule has 3 atom stereocenters. The molecule has 1 aliphatic heterocycles. The third-order valence-corrected chi connectivity index (χ3v) is 8.39. The molecule has 180 valence electrons. The van der Waals surface area contributed by atoms with Gasteiger partial charge in [-0.15, -0.1) is 0 Å². The molecule has 35 heavy (non-hydrogen) atoms. The monoisotopic (exact) mass is 470 g/mol. The van der Waals surface area contributed by atoms with Crippen LogP contribution in [-0.2, 0) is 13.6 Å². The van der Waals surface area contributed by atoms with E-state index in [0.29, 0.717) is 23.1 Å². The second-order valence-electron chi connectivity index (χ2n) is 10.5. The number of nitrogens with two attached hydrogens (primary N) is 1. The highest BCUT2D eigenvalue weighted by Crippen LogP contribution is 2.40. The first kappa shape index (κ1) is 20.9. The lowest BCUT2D eigenvalue weighted by Gasteiger charge is -2.27. The fourth-order valence-electron chi connectivity index (χ4n) is 6.31. The molecule has 1 saturated heterocycles. The van der Waals surface area contributed by atoms with E-state index in [0.717, 1.165) is 59.4 Å². The largest absolute Gasteiger partial charge is 0.494 e. The van der Waals surface area contributed by atoms with Crippen molar-refractivity contribution in [3.8, 4) is 17.3 Å². The fraction of sp³-hybridized carbons (Fsp3) is 0.444. The molecule has 7 rings (SSSR count). The van der Waals surface area contributed by atoms with Crippen molar-refractivity contribution in [2.75, 3.05) is 13.7 Å². The molecule has 0 radical (unpaired) electrons. The Hall–Kier alpha value is -3.39. The zero-order chi connectivity index (χ0) is 23.8. The predicted octanol–water partition coefficient (Wildman–Crippen LogP) is 3.57. The van der Waals surface area contributed by atoms with Gasteiger partial charge in [-0.05, 0) is 61.8 Å². The third kappa shape index (κ3) is 3.12. The van der Waals surface area contributed by atoms with Gasteiger partial charge < -0.3 is 24.5 Å². The normalized spacial score (nSPS) is 23.6. The molecule has 0 unspecified atom stereocenters. The first-order valence-electron chi connectivity index (χ1n) is 12.6. The number of hydrogen-bond donors (Lipinski definition) is 1. The Labute approximate surface area is 203 Å². The maximum Gasteiger partial charge on any atom is 0.254 e. The number of hydrogen-bond acceptors (Lipinski definition) is 5. The summed E-state index contributed by atoms with van der Waals surface area (Å²) in [5.74, 6) is 2.67. The van der Waals surface area contributed by atoms with Gasteiger partial charge in [-0.3, -0.25) is 9.78 Å². The lowest BCUT2D eigenvalue weighted by Crippen LogP contribution is -2.41. The number of carbonyl (C=O) groups is 1. The first-order chi connectivity index (χ1) is 17.0. The molecule has 2 saturated carbocycles. The second-order valence-corrected chi connectivity index (χ2v) is 10.5. The SMILES string of the molecule is COc1cc(C(=O)N2C[C@H]3CC[C@@H]2[C@@H]3N)cc2nc(-c3cc4ccncc4n3CC3CC3)n(C)c12. The Morgan fingerprint density at radius 1 is 1.20 bits per heavy atom. The number of amides is 1. The number of aryl methyl sites for hydroxylation is 1. The van der Waals surface area contributed by atoms with E-state index in [2.05, 4.69) is 26.3 Å². The van der Waals surface area contributed by atoms with E-state index in [-0.39, 0.29) is 18.0 Å². The van der Waals surface area contributed by atoms with Crippen LogP contribution in [0.4, 0.5) is 0 Å². The number of fused-ring (bicyclic) bond motifs is 4. The van der Waals surface area contributed by atoms with Crippen LogP contribution in [-0.4, -0.2) is 55.6 Å². The standard InChI is InChI=1S/C27H30N6O2/c1-31-25-19(9-18(11-23(25)35-2)27(34)33-14-17-5-6-20(33)24(17)28)30-26(31)21-10-16-7-8-29-12-22(16)32(21)13-15-3-4-15/h7-12,15,17,20,24H,3-6,13-14,28H2,1-2H3/t17-,20-,24-/m1/s1. The number of carbonyl (C=O) groups excluding carboxylic acids is 1. The minimum Gasteiger partial charge on any atom is -0.494 e. The maximum absolute atomic E-state index is 13.5. The molecule has 1 aromatic carbocycles. The Balaban J connectivity index is 1.35. The number of benzene rings is 1. The first-order valence-corrected chi connectivity index (χ1v) is 12.6. The van der Waals surface area contributed by atoms with E-state index in [9.17, 15) is 4.79 Å². The van der Waals surface area contributed by atoms with Crippen molar-refractivity contribution in [3.63, 3.8) is 0 Å². The molecule has 2 bridgehead atoms. The minimum absolute atomic E-state index is 0.0222. The molecule has 2 aliphatic carbocycles. The number of nitrogens with zero attached hydrogens (tertiary/aromatic N) is 5. The topological polar surface area (TPSA) is 91.2 Å². The van der Waals surface area contributed by atoms with E-state index < -0.39 is 0 Å². The molecular weight excluding hydrogens is 440 g/mol.